The van der Waals surface area contributed by atoms with Crippen molar-refractivity contribution in [3.8, 4) is 5.75 Å². The summed E-state index contributed by atoms with van der Waals surface area (Å²) < 4.78 is 5.77. The molecule has 25 heavy (non-hydrogen) atoms. The van der Waals surface area contributed by atoms with E-state index in [9.17, 15) is 0 Å². The van der Waals surface area contributed by atoms with Gasteiger partial charge in [-0.1, -0.05) is 23.7 Å². The van der Waals surface area contributed by atoms with Gasteiger partial charge in [-0.3, -0.25) is 5.43 Å². The number of hydrogen-bond acceptors (Lipinski definition) is 5. The fourth-order valence-corrected chi connectivity index (χ4v) is 2.97. The highest BCUT2D eigenvalue weighted by molar-refractivity contribution is 7.15. The molecule has 3 aromatic rings. The van der Waals surface area contributed by atoms with Gasteiger partial charge in [-0.15, -0.1) is 11.3 Å². The molecule has 0 unspecified atom stereocenters. The molecule has 0 atom stereocenters. The van der Waals surface area contributed by atoms with Crippen molar-refractivity contribution in [3.05, 3.63) is 75.3 Å². The van der Waals surface area contributed by atoms with E-state index >= 15 is 0 Å². The molecule has 0 fully saturated rings. The molecule has 1 aromatic heterocycles. The van der Waals surface area contributed by atoms with Crippen LogP contribution in [-0.2, 0) is 6.61 Å². The zero-order chi connectivity index (χ0) is 17.6. The number of hydrogen-bond donors (Lipinski definition) is 1. The molecular formula is C19H18ClN3OS. The van der Waals surface area contributed by atoms with Gasteiger partial charge in [-0.25, -0.2) is 4.98 Å². The SMILES string of the molecule is Cc1nc(N/N=C/c2ccc(OCc3ccc(Cl)cc3)cc2)sc1C. The predicted molar refractivity (Wildman–Crippen MR) is 105 cm³/mol. The van der Waals surface area contributed by atoms with Gasteiger partial charge < -0.3 is 4.74 Å². The first-order valence-corrected chi connectivity index (χ1v) is 9.00. The number of nitrogens with one attached hydrogen (secondary N) is 1. The third-order valence-electron chi connectivity index (χ3n) is 3.60. The summed E-state index contributed by atoms with van der Waals surface area (Å²) in [6.07, 6.45) is 1.76. The predicted octanol–water partition coefficient (Wildman–Crippen LogP) is 5.44. The van der Waals surface area contributed by atoms with Crippen LogP contribution in [0.25, 0.3) is 0 Å². The number of rotatable bonds is 6. The fourth-order valence-electron chi connectivity index (χ4n) is 2.08. The topological polar surface area (TPSA) is 46.5 Å². The van der Waals surface area contributed by atoms with E-state index in [-0.39, 0.29) is 0 Å². The minimum atomic E-state index is 0.509. The van der Waals surface area contributed by atoms with E-state index in [0.29, 0.717) is 6.61 Å². The molecule has 4 nitrogen and oxygen atoms in total. The molecule has 0 aliphatic heterocycles. The Morgan fingerprint density at radius 3 is 2.48 bits per heavy atom. The van der Waals surface area contributed by atoms with Crippen molar-refractivity contribution >= 4 is 34.3 Å². The van der Waals surface area contributed by atoms with Gasteiger partial charge in [0.05, 0.1) is 11.9 Å². The molecule has 0 bridgehead atoms. The highest BCUT2D eigenvalue weighted by Gasteiger charge is 2.01. The smallest absolute Gasteiger partial charge is 0.203 e. The monoisotopic (exact) mass is 371 g/mol. The Labute approximate surface area is 156 Å². The number of hydrazone groups is 1. The van der Waals surface area contributed by atoms with E-state index in [1.165, 1.54) is 4.88 Å². The second-order valence-electron chi connectivity index (χ2n) is 5.51. The van der Waals surface area contributed by atoms with Crippen molar-refractivity contribution in [3.63, 3.8) is 0 Å². The van der Waals surface area contributed by atoms with E-state index in [1.54, 1.807) is 17.6 Å². The van der Waals surface area contributed by atoms with E-state index in [0.717, 1.165) is 32.7 Å². The Balaban J connectivity index is 1.52. The summed E-state index contributed by atoms with van der Waals surface area (Å²) in [7, 11) is 0. The quantitative estimate of drug-likeness (QED) is 0.463. The third kappa shape index (κ3) is 5.05. The Kier molecular flexibility index (Phi) is 5.68. The van der Waals surface area contributed by atoms with Crippen molar-refractivity contribution < 1.29 is 4.74 Å². The molecule has 0 radical (unpaired) electrons. The Bertz CT molecular complexity index is 838. The summed E-state index contributed by atoms with van der Waals surface area (Å²) in [5.74, 6) is 0.811. The molecule has 0 amide bonds. The molecule has 2 aromatic carbocycles. The lowest BCUT2D eigenvalue weighted by Crippen LogP contribution is -1.95. The van der Waals surface area contributed by atoms with E-state index in [1.807, 2.05) is 62.4 Å². The zero-order valence-corrected chi connectivity index (χ0v) is 15.6. The van der Waals surface area contributed by atoms with Crippen molar-refractivity contribution in [2.75, 3.05) is 5.43 Å². The molecular weight excluding hydrogens is 354 g/mol. The number of aromatic nitrogens is 1. The molecule has 0 saturated carbocycles. The van der Waals surface area contributed by atoms with Crippen LogP contribution in [0.5, 0.6) is 5.75 Å². The number of halogens is 1. The number of nitrogens with zero attached hydrogens (tertiary/aromatic N) is 2. The number of ether oxygens (including phenoxy) is 1. The minimum absolute atomic E-state index is 0.509. The lowest BCUT2D eigenvalue weighted by molar-refractivity contribution is 0.306. The van der Waals surface area contributed by atoms with Gasteiger partial charge in [-0.05, 0) is 61.4 Å². The summed E-state index contributed by atoms with van der Waals surface area (Å²) >= 11 is 7.47. The molecule has 0 saturated heterocycles. The number of benzene rings is 2. The minimum Gasteiger partial charge on any atom is -0.489 e. The summed E-state index contributed by atoms with van der Waals surface area (Å²) in [5.41, 5.74) is 6.05. The molecule has 1 N–H and O–H groups in total. The lowest BCUT2D eigenvalue weighted by atomic mass is 10.2. The van der Waals surface area contributed by atoms with E-state index < -0.39 is 0 Å². The van der Waals surface area contributed by atoms with E-state index in [4.69, 9.17) is 16.3 Å². The average molecular weight is 372 g/mol. The average Bonchev–Trinajstić information content (AvgIpc) is 2.93. The van der Waals surface area contributed by atoms with Crippen LogP contribution in [0.3, 0.4) is 0 Å². The molecule has 3 rings (SSSR count). The highest BCUT2D eigenvalue weighted by Crippen LogP contribution is 2.21. The molecule has 128 valence electrons. The maximum Gasteiger partial charge on any atom is 0.203 e. The highest BCUT2D eigenvalue weighted by atomic mass is 35.5. The Morgan fingerprint density at radius 1 is 1.12 bits per heavy atom. The van der Waals surface area contributed by atoms with Crippen LogP contribution in [0.15, 0.2) is 53.6 Å². The van der Waals surface area contributed by atoms with Gasteiger partial charge in [-0.2, -0.15) is 5.10 Å². The Morgan fingerprint density at radius 2 is 1.84 bits per heavy atom. The van der Waals surface area contributed by atoms with Gasteiger partial charge >= 0.3 is 0 Å². The van der Waals surface area contributed by atoms with Crippen LogP contribution < -0.4 is 10.2 Å². The van der Waals surface area contributed by atoms with Gasteiger partial charge in [0.15, 0.2) is 0 Å². The normalized spacial score (nSPS) is 11.0. The van der Waals surface area contributed by atoms with Gasteiger partial charge in [0.2, 0.25) is 5.13 Å². The maximum absolute atomic E-state index is 5.87. The Hall–Kier alpha value is -2.37. The first-order valence-electron chi connectivity index (χ1n) is 7.80. The van der Waals surface area contributed by atoms with E-state index in [2.05, 4.69) is 15.5 Å². The summed E-state index contributed by atoms with van der Waals surface area (Å²) in [4.78, 5) is 5.57. The van der Waals surface area contributed by atoms with Crippen molar-refractivity contribution in [2.45, 2.75) is 20.5 Å². The first kappa shape index (κ1) is 17.5. The molecule has 0 aliphatic carbocycles. The first-order chi connectivity index (χ1) is 12.1. The second-order valence-corrected chi connectivity index (χ2v) is 7.15. The molecule has 6 heteroatoms. The maximum atomic E-state index is 5.87. The van der Waals surface area contributed by atoms with Gasteiger partial charge in [0, 0.05) is 9.90 Å². The molecule has 0 spiro atoms. The number of aryl methyl sites for hydroxylation is 2. The van der Waals surface area contributed by atoms with Crippen molar-refractivity contribution in [1.82, 2.24) is 4.98 Å². The van der Waals surface area contributed by atoms with Gasteiger partial charge in [0.1, 0.15) is 12.4 Å². The third-order valence-corrected chi connectivity index (χ3v) is 4.83. The summed E-state index contributed by atoms with van der Waals surface area (Å²) in [6.45, 7) is 4.54. The van der Waals surface area contributed by atoms with Crippen LogP contribution in [0.4, 0.5) is 5.13 Å². The number of anilines is 1. The lowest BCUT2D eigenvalue weighted by Gasteiger charge is -2.06. The van der Waals surface area contributed by atoms with Crippen LogP contribution in [0, 0.1) is 13.8 Å². The van der Waals surface area contributed by atoms with Crippen LogP contribution in [0.2, 0.25) is 5.02 Å². The van der Waals surface area contributed by atoms with Crippen molar-refractivity contribution in [1.29, 1.82) is 0 Å². The second kappa shape index (κ2) is 8.14. The molecule has 0 aliphatic rings. The summed E-state index contributed by atoms with van der Waals surface area (Å²) in [6, 6.07) is 15.4. The zero-order valence-electron chi connectivity index (χ0n) is 14.0. The molecule has 1 heterocycles. The summed E-state index contributed by atoms with van der Waals surface area (Å²) in [5, 5.41) is 5.74. The standard InChI is InChI=1S/C19H18ClN3OS/c1-13-14(2)25-19(22-13)23-21-11-15-5-9-18(10-6-15)24-12-16-3-7-17(20)8-4-16/h3-11H,12H2,1-2H3,(H,22,23)/b21-11+. The van der Waals surface area contributed by atoms with Crippen LogP contribution in [-0.4, -0.2) is 11.2 Å². The van der Waals surface area contributed by atoms with Crippen LogP contribution in [0.1, 0.15) is 21.7 Å². The largest absolute Gasteiger partial charge is 0.489 e. The fraction of sp³-hybridized carbons (Fsp3) is 0.158. The van der Waals surface area contributed by atoms with Crippen LogP contribution >= 0.6 is 22.9 Å². The number of thiazole rings is 1. The van der Waals surface area contributed by atoms with Crippen molar-refractivity contribution in [2.24, 2.45) is 5.10 Å². The van der Waals surface area contributed by atoms with Gasteiger partial charge in [0.25, 0.3) is 0 Å².